The summed E-state index contributed by atoms with van der Waals surface area (Å²) >= 11 is 3.14. The van der Waals surface area contributed by atoms with Crippen LogP contribution in [0.1, 0.15) is 25.7 Å². The van der Waals surface area contributed by atoms with Crippen LogP contribution < -0.4 is 5.32 Å². The highest BCUT2D eigenvalue weighted by atomic mass is 32.2. The lowest BCUT2D eigenvalue weighted by Gasteiger charge is -2.05. The van der Waals surface area contributed by atoms with E-state index in [1.165, 1.54) is 11.3 Å². The van der Waals surface area contributed by atoms with Gasteiger partial charge >= 0.3 is 0 Å². The van der Waals surface area contributed by atoms with Crippen molar-refractivity contribution < 1.29 is 9.90 Å². The molecule has 2 N–H and O–H groups in total. The van der Waals surface area contributed by atoms with Crippen molar-refractivity contribution in [1.82, 2.24) is 4.98 Å². The number of nitrogens with one attached hydrogen (secondary N) is 1. The molecule has 0 atom stereocenters. The van der Waals surface area contributed by atoms with Crippen molar-refractivity contribution in [1.29, 1.82) is 0 Å². The minimum Gasteiger partial charge on any atom is -0.396 e. The number of aliphatic hydroxyl groups excluding tert-OH is 1. The Morgan fingerprint density at radius 3 is 2.90 bits per heavy atom. The first kappa shape index (κ1) is 16.0. The number of aromatic nitrogens is 1. The minimum atomic E-state index is -0.121. The first-order valence-corrected chi connectivity index (χ1v) is 8.59. The van der Waals surface area contributed by atoms with E-state index in [0.717, 1.165) is 21.8 Å². The van der Waals surface area contributed by atoms with E-state index >= 15 is 0 Å². The van der Waals surface area contributed by atoms with Gasteiger partial charge in [-0.25, -0.2) is 4.98 Å². The summed E-state index contributed by atoms with van der Waals surface area (Å²) in [5, 5.41) is 11.6. The summed E-state index contributed by atoms with van der Waals surface area (Å²) < 4.78 is 0. The Morgan fingerprint density at radius 2 is 2.24 bits per heavy atom. The molecule has 0 bridgehead atoms. The number of carbonyl (C=O) groups excluding carboxylic acids is 1. The summed E-state index contributed by atoms with van der Waals surface area (Å²) in [6, 6.07) is 5.69. The largest absolute Gasteiger partial charge is 0.396 e. The molecule has 0 aliphatic rings. The molecule has 0 fully saturated rings. The topological polar surface area (TPSA) is 62.2 Å². The third kappa shape index (κ3) is 4.56. The molecule has 0 saturated heterocycles. The molecule has 1 amide bonds. The van der Waals surface area contributed by atoms with Gasteiger partial charge in [0.2, 0.25) is 0 Å². The van der Waals surface area contributed by atoms with Crippen LogP contribution in [0.3, 0.4) is 0 Å². The lowest BCUT2D eigenvalue weighted by atomic mass is 10.2. The molecule has 6 heteroatoms. The van der Waals surface area contributed by atoms with Gasteiger partial charge in [-0.2, -0.15) is 11.8 Å². The van der Waals surface area contributed by atoms with E-state index in [0.29, 0.717) is 16.4 Å². The van der Waals surface area contributed by atoms with Crippen molar-refractivity contribution in [3.63, 3.8) is 0 Å². The molecule has 2 aromatic heterocycles. The van der Waals surface area contributed by atoms with Gasteiger partial charge in [-0.1, -0.05) is 0 Å². The predicted octanol–water partition coefficient (Wildman–Crippen LogP) is 3.24. The SMILES string of the molecule is Cc1cc(C(=O)Nc2cc(CSCCO)ccn2)sc1C. The van der Waals surface area contributed by atoms with E-state index in [-0.39, 0.29) is 12.5 Å². The monoisotopic (exact) mass is 322 g/mol. The van der Waals surface area contributed by atoms with Crippen molar-refractivity contribution in [3.05, 3.63) is 45.3 Å². The zero-order valence-corrected chi connectivity index (χ0v) is 13.7. The normalized spacial score (nSPS) is 10.6. The Labute approximate surface area is 132 Å². The molecular weight excluding hydrogens is 304 g/mol. The fourth-order valence-corrected chi connectivity index (χ4v) is 3.37. The molecule has 2 heterocycles. The van der Waals surface area contributed by atoms with Gasteiger partial charge in [0.15, 0.2) is 0 Å². The van der Waals surface area contributed by atoms with Crippen molar-refractivity contribution in [3.8, 4) is 0 Å². The van der Waals surface area contributed by atoms with E-state index in [4.69, 9.17) is 5.11 Å². The number of thiophene rings is 1. The lowest BCUT2D eigenvalue weighted by Crippen LogP contribution is -2.11. The van der Waals surface area contributed by atoms with Crippen molar-refractivity contribution in [2.24, 2.45) is 0 Å². The van der Waals surface area contributed by atoms with Gasteiger partial charge in [-0.05, 0) is 43.2 Å². The highest BCUT2D eigenvalue weighted by Gasteiger charge is 2.11. The second-order valence-corrected chi connectivity index (χ2v) is 6.99. The van der Waals surface area contributed by atoms with Gasteiger partial charge in [-0.3, -0.25) is 4.79 Å². The van der Waals surface area contributed by atoms with Gasteiger partial charge in [0.05, 0.1) is 11.5 Å². The number of hydrogen-bond acceptors (Lipinski definition) is 5. The molecule has 112 valence electrons. The van der Waals surface area contributed by atoms with Crippen LogP contribution in [0.4, 0.5) is 5.82 Å². The van der Waals surface area contributed by atoms with Crippen LogP contribution in [-0.2, 0) is 5.75 Å². The minimum absolute atomic E-state index is 0.121. The molecule has 0 saturated carbocycles. The van der Waals surface area contributed by atoms with Gasteiger partial charge in [0.1, 0.15) is 5.82 Å². The first-order valence-electron chi connectivity index (χ1n) is 6.62. The molecular formula is C15H18N2O2S2. The average molecular weight is 322 g/mol. The fraction of sp³-hybridized carbons (Fsp3) is 0.333. The maximum atomic E-state index is 12.2. The summed E-state index contributed by atoms with van der Waals surface area (Å²) in [5.41, 5.74) is 2.21. The summed E-state index contributed by atoms with van der Waals surface area (Å²) in [5.74, 6) is 1.94. The summed E-state index contributed by atoms with van der Waals surface area (Å²) in [6.45, 7) is 4.18. The third-order valence-corrected chi connectivity index (χ3v) is 5.12. The Hall–Kier alpha value is -1.37. The van der Waals surface area contributed by atoms with Crippen molar-refractivity contribution in [2.75, 3.05) is 17.7 Å². The van der Waals surface area contributed by atoms with E-state index in [2.05, 4.69) is 10.3 Å². The molecule has 0 aromatic carbocycles. The smallest absolute Gasteiger partial charge is 0.266 e. The summed E-state index contributed by atoms with van der Waals surface area (Å²) in [7, 11) is 0. The van der Waals surface area contributed by atoms with Crippen LogP contribution in [0.15, 0.2) is 24.4 Å². The number of aryl methyl sites for hydroxylation is 2. The summed E-state index contributed by atoms with van der Waals surface area (Å²) in [4.78, 5) is 18.2. The Balaban J connectivity index is 2.02. The number of thioether (sulfide) groups is 1. The second kappa shape index (κ2) is 7.59. The van der Waals surface area contributed by atoms with E-state index in [1.54, 1.807) is 18.0 Å². The van der Waals surface area contributed by atoms with Crippen LogP contribution in [0.25, 0.3) is 0 Å². The highest BCUT2D eigenvalue weighted by Crippen LogP contribution is 2.22. The number of aliphatic hydroxyl groups is 1. The van der Waals surface area contributed by atoms with E-state index < -0.39 is 0 Å². The third-order valence-electron chi connectivity index (χ3n) is 2.96. The number of hydrogen-bond donors (Lipinski definition) is 2. The lowest BCUT2D eigenvalue weighted by molar-refractivity contribution is 0.103. The molecule has 0 radical (unpaired) electrons. The molecule has 0 aliphatic carbocycles. The van der Waals surface area contributed by atoms with Crippen LogP contribution in [0.5, 0.6) is 0 Å². The van der Waals surface area contributed by atoms with Crippen LogP contribution in [-0.4, -0.2) is 28.4 Å². The second-order valence-electron chi connectivity index (χ2n) is 4.63. The number of amides is 1. The molecule has 4 nitrogen and oxygen atoms in total. The maximum absolute atomic E-state index is 12.2. The number of rotatable bonds is 6. The van der Waals surface area contributed by atoms with Crippen LogP contribution >= 0.6 is 23.1 Å². The van der Waals surface area contributed by atoms with Crippen LogP contribution in [0, 0.1) is 13.8 Å². The predicted molar refractivity (Wildman–Crippen MR) is 89.2 cm³/mol. The number of carbonyl (C=O) groups is 1. The van der Waals surface area contributed by atoms with Gasteiger partial charge in [-0.15, -0.1) is 11.3 Å². The molecule has 0 spiro atoms. The maximum Gasteiger partial charge on any atom is 0.266 e. The van der Waals surface area contributed by atoms with Crippen LogP contribution in [0.2, 0.25) is 0 Å². The zero-order chi connectivity index (χ0) is 15.2. The van der Waals surface area contributed by atoms with E-state index in [1.807, 2.05) is 32.0 Å². The Morgan fingerprint density at radius 1 is 1.43 bits per heavy atom. The molecule has 0 aliphatic heterocycles. The molecule has 2 rings (SSSR count). The van der Waals surface area contributed by atoms with Crippen molar-refractivity contribution in [2.45, 2.75) is 19.6 Å². The standard InChI is InChI=1S/C15H18N2O2S2/c1-10-7-13(21-11(10)2)15(19)17-14-8-12(3-4-16-14)9-20-6-5-18/h3-4,7-8,18H,5-6,9H2,1-2H3,(H,16,17,19). The highest BCUT2D eigenvalue weighted by molar-refractivity contribution is 7.98. The van der Waals surface area contributed by atoms with Gasteiger partial charge in [0, 0.05) is 22.6 Å². The van der Waals surface area contributed by atoms with Gasteiger partial charge < -0.3 is 10.4 Å². The number of nitrogens with zero attached hydrogens (tertiary/aromatic N) is 1. The Bertz CT molecular complexity index is 606. The average Bonchev–Trinajstić information content (AvgIpc) is 2.80. The Kier molecular flexibility index (Phi) is 5.78. The number of pyridine rings is 1. The van der Waals surface area contributed by atoms with Crippen molar-refractivity contribution >= 4 is 34.8 Å². The molecule has 21 heavy (non-hydrogen) atoms. The summed E-state index contributed by atoms with van der Waals surface area (Å²) in [6.07, 6.45) is 1.69. The van der Waals surface area contributed by atoms with Gasteiger partial charge in [0.25, 0.3) is 5.91 Å². The van der Waals surface area contributed by atoms with E-state index in [9.17, 15) is 4.79 Å². The first-order chi connectivity index (χ1) is 10.1. The molecule has 0 unspecified atom stereocenters. The zero-order valence-electron chi connectivity index (χ0n) is 12.0. The fourth-order valence-electron chi connectivity index (χ4n) is 1.75. The molecule has 2 aromatic rings. The quantitative estimate of drug-likeness (QED) is 0.802. The number of anilines is 1.